The number of carbonyl (C=O) groups excluding carboxylic acids is 3. The monoisotopic (exact) mass is 495 g/mol. The zero-order chi connectivity index (χ0) is 25.8. The number of benzene rings is 2. The van der Waals surface area contributed by atoms with Gasteiger partial charge in [0.2, 0.25) is 6.79 Å². The Bertz CT molecular complexity index is 1430. The lowest BCUT2D eigenvalue weighted by Gasteiger charge is -2.22. The molecule has 0 saturated carbocycles. The van der Waals surface area contributed by atoms with Gasteiger partial charge in [-0.25, -0.2) is 13.6 Å². The number of urea groups is 1. The molecule has 36 heavy (non-hydrogen) atoms. The van der Waals surface area contributed by atoms with Crippen molar-refractivity contribution in [3.8, 4) is 11.5 Å². The zero-order valence-electron chi connectivity index (χ0n) is 19.9. The van der Waals surface area contributed by atoms with Crippen molar-refractivity contribution < 1.29 is 32.6 Å². The predicted octanol–water partition coefficient (Wildman–Crippen LogP) is 3.81. The van der Waals surface area contributed by atoms with Crippen LogP contribution in [0.3, 0.4) is 0 Å². The lowest BCUT2D eigenvalue weighted by molar-refractivity contribution is -0.130. The number of imide groups is 1. The Morgan fingerprint density at radius 2 is 1.78 bits per heavy atom. The molecule has 2 aliphatic rings. The number of rotatable bonds is 6. The largest absolute Gasteiger partial charge is 0.454 e. The third-order valence-electron chi connectivity index (χ3n) is 6.73. The fourth-order valence-electron chi connectivity index (χ4n) is 4.62. The Morgan fingerprint density at radius 1 is 1.03 bits per heavy atom. The highest BCUT2D eigenvalue weighted by atomic mass is 19.2. The molecule has 0 unspecified atom stereocenters. The number of fused-ring (bicyclic) bond motifs is 1. The number of aryl methyl sites for hydroxylation is 1. The molecular formula is C26H23F2N3O5. The van der Waals surface area contributed by atoms with Crippen LogP contribution in [0, 0.1) is 25.5 Å². The van der Waals surface area contributed by atoms with E-state index in [1.165, 1.54) is 13.0 Å². The summed E-state index contributed by atoms with van der Waals surface area (Å²) in [7, 11) is 0. The number of nitrogens with one attached hydrogen (secondary N) is 1. The van der Waals surface area contributed by atoms with Gasteiger partial charge >= 0.3 is 6.03 Å². The molecule has 1 fully saturated rings. The summed E-state index contributed by atoms with van der Waals surface area (Å²) in [5.41, 5.74) is 1.31. The maximum atomic E-state index is 13.8. The SMILES string of the molecule is Cc1cc(C(=O)CN2C(=O)N[C@@](C)(c3ccc(F)c(F)c3)C2=O)c(C)n1Cc1ccc2c(c1)OCO2. The first kappa shape index (κ1) is 23.5. The number of halogens is 2. The molecule has 1 saturated heterocycles. The normalized spacial score (nSPS) is 18.6. The standard InChI is InChI=1S/C26H23F2N3O5/c1-14-8-18(15(2)30(14)11-16-4-7-22-23(9-16)36-13-35-22)21(32)12-31-24(33)26(3,29-25(31)34)17-5-6-19(27)20(28)10-17/h4-10H,11-13H2,1-3H3,(H,29,34)/t26-/m0/s1. The number of Topliss-reactive ketones (excluding diaryl/α,β-unsaturated/α-hetero) is 1. The van der Waals surface area contributed by atoms with Crippen LogP contribution < -0.4 is 14.8 Å². The topological polar surface area (TPSA) is 89.9 Å². The first-order valence-corrected chi connectivity index (χ1v) is 11.3. The van der Waals surface area contributed by atoms with Crippen LogP contribution in [-0.4, -0.2) is 40.5 Å². The van der Waals surface area contributed by atoms with Gasteiger partial charge in [-0.3, -0.25) is 14.5 Å². The van der Waals surface area contributed by atoms with Crippen LogP contribution in [0.15, 0.2) is 42.5 Å². The van der Waals surface area contributed by atoms with E-state index in [-0.39, 0.29) is 12.4 Å². The molecule has 2 aromatic carbocycles. The van der Waals surface area contributed by atoms with Gasteiger partial charge in [0.05, 0.1) is 6.54 Å². The Kier molecular flexibility index (Phi) is 5.54. The number of carbonyl (C=O) groups is 3. The predicted molar refractivity (Wildman–Crippen MR) is 124 cm³/mol. The third kappa shape index (κ3) is 3.78. The number of ether oxygens (including phenoxy) is 2. The van der Waals surface area contributed by atoms with Gasteiger partial charge in [0, 0.05) is 23.5 Å². The Hall–Kier alpha value is -4.21. The van der Waals surface area contributed by atoms with Crippen molar-refractivity contribution in [2.45, 2.75) is 32.9 Å². The smallest absolute Gasteiger partial charge is 0.325 e. The van der Waals surface area contributed by atoms with E-state index in [2.05, 4.69) is 5.32 Å². The summed E-state index contributed by atoms with van der Waals surface area (Å²) in [5, 5.41) is 2.50. The second kappa shape index (κ2) is 8.47. The van der Waals surface area contributed by atoms with E-state index in [0.717, 1.165) is 28.3 Å². The number of hydrogen-bond donors (Lipinski definition) is 1. The molecule has 1 N–H and O–H groups in total. The fourth-order valence-corrected chi connectivity index (χ4v) is 4.62. The van der Waals surface area contributed by atoms with Crippen LogP contribution >= 0.6 is 0 Å². The van der Waals surface area contributed by atoms with Crippen molar-refractivity contribution in [2.75, 3.05) is 13.3 Å². The van der Waals surface area contributed by atoms with Gasteiger partial charge in [0.15, 0.2) is 28.9 Å². The third-order valence-corrected chi connectivity index (χ3v) is 6.73. The van der Waals surface area contributed by atoms with E-state index < -0.39 is 41.4 Å². The Balaban J connectivity index is 1.36. The van der Waals surface area contributed by atoms with Crippen molar-refractivity contribution in [2.24, 2.45) is 0 Å². The summed E-state index contributed by atoms with van der Waals surface area (Å²) < 4.78 is 39.9. The van der Waals surface area contributed by atoms with Gasteiger partial charge in [0.1, 0.15) is 5.54 Å². The Labute approximate surface area is 205 Å². The number of nitrogens with zero attached hydrogens (tertiary/aromatic N) is 2. The van der Waals surface area contributed by atoms with E-state index in [9.17, 15) is 23.2 Å². The van der Waals surface area contributed by atoms with Crippen LogP contribution in [0.4, 0.5) is 13.6 Å². The lowest BCUT2D eigenvalue weighted by atomic mass is 9.92. The Morgan fingerprint density at radius 3 is 2.53 bits per heavy atom. The second-order valence-electron chi connectivity index (χ2n) is 9.06. The average molecular weight is 495 g/mol. The number of hydrogen-bond acceptors (Lipinski definition) is 5. The molecule has 3 aromatic rings. The van der Waals surface area contributed by atoms with Crippen molar-refractivity contribution in [3.63, 3.8) is 0 Å². The minimum atomic E-state index is -1.62. The zero-order valence-corrected chi connectivity index (χ0v) is 19.9. The van der Waals surface area contributed by atoms with Crippen molar-refractivity contribution in [1.29, 1.82) is 0 Å². The van der Waals surface area contributed by atoms with Gasteiger partial charge in [0.25, 0.3) is 5.91 Å². The average Bonchev–Trinajstić information content (AvgIpc) is 3.48. The van der Waals surface area contributed by atoms with Crippen LogP contribution in [-0.2, 0) is 16.9 Å². The molecule has 8 nitrogen and oxygen atoms in total. The van der Waals surface area contributed by atoms with Gasteiger partial charge in [-0.05, 0) is 62.2 Å². The fraction of sp³-hybridized carbons (Fsp3) is 0.269. The maximum absolute atomic E-state index is 13.8. The van der Waals surface area contributed by atoms with E-state index in [1.807, 2.05) is 29.7 Å². The minimum absolute atomic E-state index is 0.0802. The molecule has 3 amide bonds. The molecule has 10 heteroatoms. The minimum Gasteiger partial charge on any atom is -0.454 e. The molecule has 0 spiro atoms. The van der Waals surface area contributed by atoms with Gasteiger partial charge in [-0.2, -0.15) is 0 Å². The first-order valence-electron chi connectivity index (χ1n) is 11.3. The summed E-state index contributed by atoms with van der Waals surface area (Å²) in [6.45, 7) is 5.23. The van der Waals surface area contributed by atoms with Crippen LogP contribution in [0.5, 0.6) is 11.5 Å². The molecule has 2 aliphatic heterocycles. The number of aromatic nitrogens is 1. The molecule has 186 valence electrons. The highest BCUT2D eigenvalue weighted by Crippen LogP contribution is 2.33. The maximum Gasteiger partial charge on any atom is 0.325 e. The van der Waals surface area contributed by atoms with E-state index >= 15 is 0 Å². The quantitative estimate of drug-likeness (QED) is 0.415. The molecule has 0 aliphatic carbocycles. The molecule has 0 bridgehead atoms. The first-order chi connectivity index (χ1) is 17.1. The van der Waals surface area contributed by atoms with Crippen LogP contribution in [0.25, 0.3) is 0 Å². The van der Waals surface area contributed by atoms with E-state index in [0.29, 0.717) is 29.3 Å². The second-order valence-corrected chi connectivity index (χ2v) is 9.06. The molecule has 1 aromatic heterocycles. The molecule has 1 atom stereocenters. The molecule has 3 heterocycles. The lowest BCUT2D eigenvalue weighted by Crippen LogP contribution is -2.41. The number of ketones is 1. The van der Waals surface area contributed by atoms with Crippen LogP contribution in [0.2, 0.25) is 0 Å². The molecule has 0 radical (unpaired) electrons. The van der Waals surface area contributed by atoms with Crippen molar-refractivity contribution in [1.82, 2.24) is 14.8 Å². The molecular weight excluding hydrogens is 472 g/mol. The summed E-state index contributed by atoms with van der Waals surface area (Å²) >= 11 is 0. The van der Waals surface area contributed by atoms with Gasteiger partial charge in [-0.15, -0.1) is 0 Å². The summed E-state index contributed by atoms with van der Waals surface area (Å²) in [5.74, 6) is -2.00. The highest BCUT2D eigenvalue weighted by molar-refractivity contribution is 6.11. The van der Waals surface area contributed by atoms with Crippen molar-refractivity contribution >= 4 is 17.7 Å². The summed E-state index contributed by atoms with van der Waals surface area (Å²) in [6, 6.07) is 9.55. The number of amides is 3. The van der Waals surface area contributed by atoms with E-state index in [1.54, 1.807) is 13.0 Å². The van der Waals surface area contributed by atoms with Crippen LogP contribution in [0.1, 0.15) is 39.8 Å². The molecule has 5 rings (SSSR count). The van der Waals surface area contributed by atoms with Crippen molar-refractivity contribution in [3.05, 3.63) is 82.2 Å². The highest BCUT2D eigenvalue weighted by Gasteiger charge is 2.49. The van der Waals surface area contributed by atoms with E-state index in [4.69, 9.17) is 9.47 Å². The van der Waals surface area contributed by atoms with Gasteiger partial charge in [-0.1, -0.05) is 12.1 Å². The van der Waals surface area contributed by atoms with Gasteiger partial charge < -0.3 is 19.4 Å². The summed E-state index contributed by atoms with van der Waals surface area (Å²) in [6.07, 6.45) is 0. The summed E-state index contributed by atoms with van der Waals surface area (Å²) in [4.78, 5) is 39.8.